The highest BCUT2D eigenvalue weighted by atomic mass is 127. The quantitative estimate of drug-likeness (QED) is 0.158. The van der Waals surface area contributed by atoms with Crippen molar-refractivity contribution in [3.63, 3.8) is 0 Å². The summed E-state index contributed by atoms with van der Waals surface area (Å²) in [6.07, 6.45) is 3.12. The van der Waals surface area contributed by atoms with Gasteiger partial charge in [-0.3, -0.25) is 0 Å². The highest BCUT2D eigenvalue weighted by Crippen LogP contribution is 2.35. The first kappa shape index (κ1) is 25.0. The molecule has 3 aromatic carbocycles. The minimum Gasteiger partial charge on any atom is -0.504 e. The highest BCUT2D eigenvalue weighted by molar-refractivity contribution is 14.1. The van der Waals surface area contributed by atoms with Crippen LogP contribution in [0.15, 0.2) is 85.5 Å². The number of hydrogen-bond acceptors (Lipinski definition) is 4. The lowest BCUT2D eigenvalue weighted by atomic mass is 9.87. The van der Waals surface area contributed by atoms with Crippen molar-refractivity contribution in [1.29, 1.82) is 0 Å². The van der Waals surface area contributed by atoms with Crippen molar-refractivity contribution in [2.75, 3.05) is 7.11 Å². The van der Waals surface area contributed by atoms with Gasteiger partial charge in [0.05, 0.1) is 22.9 Å². The average Bonchev–Trinajstić information content (AvgIpc) is 2.85. The molecule has 0 aliphatic carbocycles. The smallest absolute Gasteiger partial charge is 0.171 e. The molecule has 0 unspecified atom stereocenters. The Morgan fingerprint density at radius 3 is 2.27 bits per heavy atom. The molecule has 3 rings (SSSR count). The standard InChI is InChI=1S/C28H29IO4/c1-3-23(27(31)21-12-8-5-9-13-21)25(30)15-14-22(20-10-6-4-7-11-20)16-19-17-24(29)28(32)26(18-19)33-2/h3-13,16-18,23,25,27,30-32H,1,14-15H2,2H3/b22-16-/t23-,25-,27-/m1/s1. The van der Waals surface area contributed by atoms with Gasteiger partial charge in [0, 0.05) is 5.92 Å². The highest BCUT2D eigenvalue weighted by Gasteiger charge is 2.25. The largest absolute Gasteiger partial charge is 0.504 e. The van der Waals surface area contributed by atoms with E-state index in [0.717, 1.165) is 22.3 Å². The van der Waals surface area contributed by atoms with Crippen LogP contribution in [0.3, 0.4) is 0 Å². The fraction of sp³-hybridized carbons (Fsp3) is 0.214. The van der Waals surface area contributed by atoms with Gasteiger partial charge in [-0.05, 0) is 69.8 Å². The van der Waals surface area contributed by atoms with Gasteiger partial charge in [0.1, 0.15) is 0 Å². The number of aromatic hydroxyl groups is 1. The van der Waals surface area contributed by atoms with Crippen molar-refractivity contribution in [3.8, 4) is 11.5 Å². The van der Waals surface area contributed by atoms with E-state index in [2.05, 4.69) is 29.2 Å². The van der Waals surface area contributed by atoms with Crippen molar-refractivity contribution < 1.29 is 20.1 Å². The van der Waals surface area contributed by atoms with Gasteiger partial charge in [0.25, 0.3) is 0 Å². The summed E-state index contributed by atoms with van der Waals surface area (Å²) in [4.78, 5) is 0. The lowest BCUT2D eigenvalue weighted by Gasteiger charge is -2.25. The Morgan fingerprint density at radius 2 is 1.67 bits per heavy atom. The minimum atomic E-state index is -0.828. The Bertz CT molecular complexity index is 1080. The van der Waals surface area contributed by atoms with Gasteiger partial charge in [-0.15, -0.1) is 6.58 Å². The predicted molar refractivity (Wildman–Crippen MR) is 142 cm³/mol. The number of ether oxygens (including phenoxy) is 1. The third-order valence-corrected chi connectivity index (χ3v) is 6.51. The van der Waals surface area contributed by atoms with Crippen molar-refractivity contribution >= 4 is 34.2 Å². The van der Waals surface area contributed by atoms with Crippen LogP contribution in [0.5, 0.6) is 11.5 Å². The molecule has 0 radical (unpaired) electrons. The zero-order valence-electron chi connectivity index (χ0n) is 18.6. The molecule has 0 saturated heterocycles. The number of phenols is 1. The van der Waals surface area contributed by atoms with Crippen LogP contribution in [0.1, 0.15) is 35.6 Å². The second-order valence-corrected chi connectivity index (χ2v) is 9.03. The molecule has 172 valence electrons. The van der Waals surface area contributed by atoms with Crippen LogP contribution < -0.4 is 4.74 Å². The number of allylic oxidation sites excluding steroid dienone is 1. The van der Waals surface area contributed by atoms with Crippen LogP contribution in [0, 0.1) is 9.49 Å². The van der Waals surface area contributed by atoms with E-state index in [4.69, 9.17) is 4.74 Å². The summed E-state index contributed by atoms with van der Waals surface area (Å²) < 4.78 is 6.00. The molecule has 0 heterocycles. The van der Waals surface area contributed by atoms with Crippen LogP contribution in [0.4, 0.5) is 0 Å². The van der Waals surface area contributed by atoms with E-state index in [1.165, 1.54) is 7.11 Å². The molecule has 0 amide bonds. The summed E-state index contributed by atoms with van der Waals surface area (Å²) in [6, 6.07) is 23.0. The maximum absolute atomic E-state index is 11.0. The van der Waals surface area contributed by atoms with Crippen LogP contribution in [0.2, 0.25) is 0 Å². The summed E-state index contributed by atoms with van der Waals surface area (Å²) in [7, 11) is 1.53. The zero-order valence-corrected chi connectivity index (χ0v) is 20.7. The maximum Gasteiger partial charge on any atom is 0.171 e. The molecule has 3 aromatic rings. The van der Waals surface area contributed by atoms with Gasteiger partial charge in [-0.25, -0.2) is 0 Å². The van der Waals surface area contributed by atoms with Crippen molar-refractivity contribution in [1.82, 2.24) is 0 Å². The minimum absolute atomic E-state index is 0.121. The van der Waals surface area contributed by atoms with E-state index in [9.17, 15) is 15.3 Å². The molecule has 0 bridgehead atoms. The van der Waals surface area contributed by atoms with E-state index in [0.29, 0.717) is 22.2 Å². The van der Waals surface area contributed by atoms with Crippen molar-refractivity contribution in [2.45, 2.75) is 25.0 Å². The normalized spacial score (nSPS) is 14.4. The molecule has 0 fully saturated rings. The van der Waals surface area contributed by atoms with E-state index in [-0.39, 0.29) is 5.75 Å². The summed E-state index contributed by atoms with van der Waals surface area (Å²) >= 11 is 2.08. The molecule has 4 nitrogen and oxygen atoms in total. The Morgan fingerprint density at radius 1 is 1.03 bits per heavy atom. The molecule has 0 aliphatic heterocycles. The lowest BCUT2D eigenvalue weighted by molar-refractivity contribution is 0.0325. The number of benzene rings is 3. The molecular formula is C28H29IO4. The van der Waals surface area contributed by atoms with Gasteiger partial charge in [0.2, 0.25) is 0 Å². The summed E-state index contributed by atoms with van der Waals surface area (Å²) in [6.45, 7) is 3.85. The zero-order chi connectivity index (χ0) is 23.8. The van der Waals surface area contributed by atoms with Crippen molar-refractivity contribution in [2.24, 2.45) is 5.92 Å². The molecule has 3 atom stereocenters. The van der Waals surface area contributed by atoms with Gasteiger partial charge < -0.3 is 20.1 Å². The topological polar surface area (TPSA) is 69.9 Å². The van der Waals surface area contributed by atoms with Crippen LogP contribution in [-0.4, -0.2) is 28.5 Å². The second kappa shape index (κ2) is 12.0. The van der Waals surface area contributed by atoms with E-state index in [1.807, 2.05) is 72.8 Å². The molecule has 3 N–H and O–H groups in total. The summed E-state index contributed by atoms with van der Waals surface area (Å²) in [5.41, 5.74) is 3.73. The maximum atomic E-state index is 11.0. The number of aliphatic hydroxyl groups is 2. The van der Waals surface area contributed by atoms with Crippen LogP contribution >= 0.6 is 22.6 Å². The fourth-order valence-corrected chi connectivity index (χ4v) is 4.48. The van der Waals surface area contributed by atoms with Gasteiger partial charge in [-0.1, -0.05) is 72.8 Å². The van der Waals surface area contributed by atoms with E-state index in [1.54, 1.807) is 12.1 Å². The third-order valence-electron chi connectivity index (χ3n) is 5.69. The molecule has 5 heteroatoms. The molecule has 0 spiro atoms. The number of aliphatic hydroxyl groups excluding tert-OH is 2. The van der Waals surface area contributed by atoms with E-state index >= 15 is 0 Å². The Hall–Kier alpha value is -2.61. The average molecular weight is 556 g/mol. The van der Waals surface area contributed by atoms with Crippen LogP contribution in [0.25, 0.3) is 11.6 Å². The Balaban J connectivity index is 1.85. The molecular weight excluding hydrogens is 527 g/mol. The summed E-state index contributed by atoms with van der Waals surface area (Å²) in [5.74, 6) is 0.0492. The Kier molecular flexibility index (Phi) is 9.11. The molecule has 0 aromatic heterocycles. The molecule has 0 saturated carbocycles. The third kappa shape index (κ3) is 6.47. The SMILES string of the molecule is C=C[C@H]([C@H](O)CC/C(=C/c1cc(I)c(O)c(OC)c1)c1ccccc1)[C@H](O)c1ccccc1. The number of methoxy groups -OCH3 is 1. The second-order valence-electron chi connectivity index (χ2n) is 7.86. The number of hydrogen-bond donors (Lipinski definition) is 3. The Labute approximate surface area is 209 Å². The molecule has 0 aliphatic rings. The first-order valence-electron chi connectivity index (χ1n) is 10.8. The number of phenolic OH excluding ortho intramolecular Hbond substituents is 1. The first-order chi connectivity index (χ1) is 15.9. The fourth-order valence-electron chi connectivity index (χ4n) is 3.85. The van der Waals surface area contributed by atoms with E-state index < -0.39 is 18.1 Å². The number of halogens is 1. The van der Waals surface area contributed by atoms with Crippen molar-refractivity contribution in [3.05, 3.63) is 106 Å². The lowest BCUT2D eigenvalue weighted by Crippen LogP contribution is -2.25. The first-order valence-corrected chi connectivity index (χ1v) is 11.9. The number of rotatable bonds is 10. The monoisotopic (exact) mass is 556 g/mol. The summed E-state index contributed by atoms with van der Waals surface area (Å²) in [5, 5.41) is 31.9. The van der Waals surface area contributed by atoms with Crippen LogP contribution in [-0.2, 0) is 0 Å². The van der Waals surface area contributed by atoms with Gasteiger partial charge >= 0.3 is 0 Å². The van der Waals surface area contributed by atoms with Gasteiger partial charge in [0.15, 0.2) is 11.5 Å². The molecule has 33 heavy (non-hydrogen) atoms. The predicted octanol–water partition coefficient (Wildman–Crippen LogP) is 6.22. The van der Waals surface area contributed by atoms with Gasteiger partial charge in [-0.2, -0.15) is 0 Å².